The van der Waals surface area contributed by atoms with Crippen LogP contribution in [0.1, 0.15) is 32.2 Å². The maximum absolute atomic E-state index is 5.22. The third-order valence-electron chi connectivity index (χ3n) is 2.86. The number of nitrogens with zero attached hydrogens (tertiary/aromatic N) is 2. The van der Waals surface area contributed by atoms with E-state index in [-0.39, 0.29) is 4.75 Å². The lowest BCUT2D eigenvalue weighted by Gasteiger charge is -2.23. The first-order valence-electron chi connectivity index (χ1n) is 6.45. The molecule has 0 fully saturated rings. The molecule has 0 aliphatic rings. The van der Waals surface area contributed by atoms with Gasteiger partial charge in [0.2, 0.25) is 0 Å². The lowest BCUT2D eigenvalue weighted by Crippen LogP contribution is -2.42. The summed E-state index contributed by atoms with van der Waals surface area (Å²) in [5, 5.41) is 10.5. The number of hydrogen-bond donors (Lipinski definition) is 2. The van der Waals surface area contributed by atoms with Crippen LogP contribution < -0.4 is 10.6 Å². The number of rotatable bonds is 6. The molecule has 0 bridgehead atoms. The van der Waals surface area contributed by atoms with E-state index < -0.39 is 0 Å². The van der Waals surface area contributed by atoms with Gasteiger partial charge in [0, 0.05) is 24.4 Å². The molecule has 0 aromatic carbocycles. The number of thioether (sulfide) groups is 1. The minimum absolute atomic E-state index is 0.180. The first-order chi connectivity index (χ1) is 9.00. The molecule has 0 aliphatic carbocycles. The third-order valence-corrected chi connectivity index (χ3v) is 4.11. The van der Waals surface area contributed by atoms with E-state index >= 15 is 0 Å². The van der Waals surface area contributed by atoms with Gasteiger partial charge in [0.15, 0.2) is 11.7 Å². The summed E-state index contributed by atoms with van der Waals surface area (Å²) in [6, 6.07) is 1.96. The smallest absolute Gasteiger partial charge is 0.191 e. The molecule has 0 atom stereocenters. The number of aryl methyl sites for hydroxylation is 1. The van der Waals surface area contributed by atoms with E-state index in [0.717, 1.165) is 30.4 Å². The summed E-state index contributed by atoms with van der Waals surface area (Å²) in [6.45, 7) is 7.89. The number of aliphatic imine (C=N–C) groups is 1. The van der Waals surface area contributed by atoms with Crippen molar-refractivity contribution in [3.05, 3.63) is 17.5 Å². The van der Waals surface area contributed by atoms with E-state index in [1.807, 2.05) is 17.8 Å². The molecule has 0 aliphatic heterocycles. The highest BCUT2D eigenvalue weighted by molar-refractivity contribution is 7.99. The second kappa shape index (κ2) is 7.43. The zero-order valence-electron chi connectivity index (χ0n) is 12.4. The van der Waals surface area contributed by atoms with Gasteiger partial charge < -0.3 is 15.2 Å². The van der Waals surface area contributed by atoms with Crippen LogP contribution in [0, 0.1) is 0 Å². The Kier molecular flexibility index (Phi) is 6.21. The van der Waals surface area contributed by atoms with Gasteiger partial charge >= 0.3 is 0 Å². The fourth-order valence-electron chi connectivity index (χ4n) is 1.37. The number of hydrogen-bond acceptors (Lipinski definition) is 4. The van der Waals surface area contributed by atoms with Crippen LogP contribution in [0.3, 0.4) is 0 Å². The minimum atomic E-state index is 0.180. The quantitative estimate of drug-likeness (QED) is 0.618. The highest BCUT2D eigenvalue weighted by Gasteiger charge is 2.16. The van der Waals surface area contributed by atoms with Crippen LogP contribution in [0.4, 0.5) is 0 Å². The van der Waals surface area contributed by atoms with Gasteiger partial charge in [0.05, 0.1) is 12.2 Å². The number of guanidine groups is 1. The van der Waals surface area contributed by atoms with Crippen molar-refractivity contribution < 1.29 is 4.52 Å². The monoisotopic (exact) mass is 284 g/mol. The largest absolute Gasteiger partial charge is 0.359 e. The van der Waals surface area contributed by atoms with Gasteiger partial charge in [-0.15, -0.1) is 0 Å². The van der Waals surface area contributed by atoms with Gasteiger partial charge in [-0.25, -0.2) is 0 Å². The van der Waals surface area contributed by atoms with Crippen molar-refractivity contribution in [3.8, 4) is 0 Å². The lowest BCUT2D eigenvalue weighted by atomic mass is 10.2. The predicted molar refractivity (Wildman–Crippen MR) is 81.7 cm³/mol. The molecule has 0 saturated heterocycles. The Balaban J connectivity index is 2.41. The van der Waals surface area contributed by atoms with Gasteiger partial charge in [-0.1, -0.05) is 12.1 Å². The van der Waals surface area contributed by atoms with Gasteiger partial charge in [-0.2, -0.15) is 11.8 Å². The lowest BCUT2D eigenvalue weighted by molar-refractivity contribution is 0.374. The normalized spacial score (nSPS) is 12.6. The van der Waals surface area contributed by atoms with E-state index in [1.54, 1.807) is 7.05 Å². The van der Waals surface area contributed by atoms with Gasteiger partial charge in [0.1, 0.15) is 0 Å². The fourth-order valence-corrected chi connectivity index (χ4v) is 1.58. The first-order valence-corrected chi connectivity index (χ1v) is 7.67. The molecule has 108 valence electrons. The Morgan fingerprint density at radius 2 is 2.21 bits per heavy atom. The molecule has 2 N–H and O–H groups in total. The molecular formula is C13H24N4OS. The molecule has 0 amide bonds. The molecule has 0 radical (unpaired) electrons. The standard InChI is InChI=1S/C13H24N4OS/c1-6-10-7-11(18-17-10)8-15-12(14-4)16-9-13(2,3)19-5/h7H,6,8-9H2,1-5H3,(H2,14,15,16). The second-order valence-electron chi connectivity index (χ2n) is 4.88. The zero-order valence-corrected chi connectivity index (χ0v) is 13.2. The van der Waals surface area contributed by atoms with E-state index in [4.69, 9.17) is 4.52 Å². The summed E-state index contributed by atoms with van der Waals surface area (Å²) in [5.74, 6) is 1.60. The molecule has 1 aromatic heterocycles. The molecule has 1 rings (SSSR count). The van der Waals surface area contributed by atoms with Gasteiger partial charge in [-0.05, 0) is 26.5 Å². The van der Waals surface area contributed by atoms with Crippen LogP contribution >= 0.6 is 11.8 Å². The van der Waals surface area contributed by atoms with Crippen LogP contribution in [0.15, 0.2) is 15.6 Å². The summed E-state index contributed by atoms with van der Waals surface area (Å²) in [4.78, 5) is 4.19. The molecule has 6 heteroatoms. The van der Waals surface area contributed by atoms with Crippen molar-refractivity contribution >= 4 is 17.7 Å². The summed E-state index contributed by atoms with van der Waals surface area (Å²) in [6.07, 6.45) is 3.00. The Hall–Kier alpha value is -1.17. The Morgan fingerprint density at radius 3 is 2.74 bits per heavy atom. The molecule has 5 nitrogen and oxygen atoms in total. The van der Waals surface area contributed by atoms with Crippen molar-refractivity contribution in [2.75, 3.05) is 19.8 Å². The number of aromatic nitrogens is 1. The molecule has 0 unspecified atom stereocenters. The van der Waals surface area contributed by atoms with Crippen LogP contribution in [0.25, 0.3) is 0 Å². The summed E-state index contributed by atoms with van der Waals surface area (Å²) in [7, 11) is 1.76. The van der Waals surface area contributed by atoms with Crippen LogP contribution in [0.2, 0.25) is 0 Å². The summed E-state index contributed by atoms with van der Waals surface area (Å²) >= 11 is 1.83. The molecule has 0 saturated carbocycles. The Morgan fingerprint density at radius 1 is 1.47 bits per heavy atom. The predicted octanol–water partition coefficient (Wildman–Crippen LogP) is 2.04. The van der Waals surface area contributed by atoms with Crippen LogP contribution in [0.5, 0.6) is 0 Å². The summed E-state index contributed by atoms with van der Waals surface area (Å²) in [5.41, 5.74) is 0.975. The van der Waals surface area contributed by atoms with Crippen molar-refractivity contribution in [1.82, 2.24) is 15.8 Å². The average Bonchev–Trinajstić information content (AvgIpc) is 2.87. The zero-order chi connectivity index (χ0) is 14.3. The molecular weight excluding hydrogens is 260 g/mol. The van der Waals surface area contributed by atoms with Gasteiger partial charge in [-0.3, -0.25) is 4.99 Å². The Labute approximate surface area is 119 Å². The SMILES string of the molecule is CCc1cc(CNC(=NC)NCC(C)(C)SC)on1. The fraction of sp³-hybridized carbons (Fsp3) is 0.692. The van der Waals surface area contributed by atoms with Crippen molar-refractivity contribution in [2.24, 2.45) is 4.99 Å². The highest BCUT2D eigenvalue weighted by Crippen LogP contribution is 2.19. The van der Waals surface area contributed by atoms with Gasteiger partial charge in [0.25, 0.3) is 0 Å². The topological polar surface area (TPSA) is 62.5 Å². The Bertz CT molecular complexity index is 415. The van der Waals surface area contributed by atoms with Crippen molar-refractivity contribution in [3.63, 3.8) is 0 Å². The van der Waals surface area contributed by atoms with E-state index in [2.05, 4.69) is 47.8 Å². The highest BCUT2D eigenvalue weighted by atomic mass is 32.2. The average molecular weight is 284 g/mol. The van der Waals surface area contributed by atoms with E-state index in [0.29, 0.717) is 6.54 Å². The maximum Gasteiger partial charge on any atom is 0.191 e. The van der Waals surface area contributed by atoms with Crippen molar-refractivity contribution in [2.45, 2.75) is 38.5 Å². The second-order valence-corrected chi connectivity index (χ2v) is 6.39. The van der Waals surface area contributed by atoms with Crippen molar-refractivity contribution in [1.29, 1.82) is 0 Å². The minimum Gasteiger partial charge on any atom is -0.359 e. The molecule has 1 heterocycles. The third kappa shape index (κ3) is 5.55. The number of nitrogens with one attached hydrogen (secondary N) is 2. The van der Waals surface area contributed by atoms with E-state index in [1.165, 1.54) is 0 Å². The molecule has 19 heavy (non-hydrogen) atoms. The van der Waals surface area contributed by atoms with Crippen LogP contribution in [-0.2, 0) is 13.0 Å². The van der Waals surface area contributed by atoms with Crippen LogP contribution in [-0.4, -0.2) is 35.7 Å². The van der Waals surface area contributed by atoms with E-state index in [9.17, 15) is 0 Å². The first kappa shape index (κ1) is 15.9. The molecule has 1 aromatic rings. The summed E-state index contributed by atoms with van der Waals surface area (Å²) < 4.78 is 5.40. The molecule has 0 spiro atoms. The maximum atomic E-state index is 5.22.